The number of carbonyl (C=O) groups excluding carboxylic acids is 1. The number of hydrogen-bond donors (Lipinski definition) is 2. The third-order valence-corrected chi connectivity index (χ3v) is 6.26. The molecule has 2 N–H and O–H groups in total. The van der Waals surface area contributed by atoms with E-state index in [1.54, 1.807) is 35.6 Å². The van der Waals surface area contributed by atoms with E-state index in [9.17, 15) is 14.0 Å². The van der Waals surface area contributed by atoms with Gasteiger partial charge in [0, 0.05) is 22.7 Å². The number of amides is 1. The lowest BCUT2D eigenvalue weighted by Crippen LogP contribution is -2.25. The monoisotopic (exact) mass is 425 g/mol. The predicted octanol–water partition coefficient (Wildman–Crippen LogP) is 4.18. The molecular formula is C23H20FNO4S. The molecule has 0 bridgehead atoms. The molecule has 0 saturated heterocycles. The molecule has 5 nitrogen and oxygen atoms in total. The summed E-state index contributed by atoms with van der Waals surface area (Å²) >= 11 is 1.57. The Hall–Kier alpha value is -3.03. The maximum absolute atomic E-state index is 13.2. The number of fused-ring (bicyclic) bond motifs is 1. The number of carboxylic acid groups (broad SMARTS) is 1. The summed E-state index contributed by atoms with van der Waals surface area (Å²) in [4.78, 5) is 26.1. The molecule has 1 aromatic heterocycles. The van der Waals surface area contributed by atoms with E-state index in [0.29, 0.717) is 38.2 Å². The van der Waals surface area contributed by atoms with E-state index >= 15 is 0 Å². The lowest BCUT2D eigenvalue weighted by atomic mass is 10.00. The summed E-state index contributed by atoms with van der Waals surface area (Å²) in [5, 5.41) is 12.0. The summed E-state index contributed by atoms with van der Waals surface area (Å²) in [6.07, 6.45) is 1.24. The molecule has 0 saturated carbocycles. The van der Waals surface area contributed by atoms with Crippen LogP contribution in [0.3, 0.4) is 0 Å². The topological polar surface area (TPSA) is 75.6 Å². The van der Waals surface area contributed by atoms with Crippen molar-refractivity contribution >= 4 is 23.2 Å². The number of carboxylic acids is 1. The van der Waals surface area contributed by atoms with Gasteiger partial charge in [-0.3, -0.25) is 4.79 Å². The quantitative estimate of drug-likeness (QED) is 0.621. The molecule has 1 amide bonds. The number of thiophene rings is 1. The Morgan fingerprint density at radius 2 is 1.77 bits per heavy atom. The molecule has 7 heteroatoms. The van der Waals surface area contributed by atoms with Crippen molar-refractivity contribution in [2.24, 2.45) is 0 Å². The molecule has 3 aromatic rings. The van der Waals surface area contributed by atoms with Crippen LogP contribution in [0.15, 0.2) is 48.5 Å². The summed E-state index contributed by atoms with van der Waals surface area (Å²) in [7, 11) is 0. The molecule has 1 aliphatic rings. The zero-order chi connectivity index (χ0) is 21.1. The molecule has 154 valence electrons. The molecule has 0 atom stereocenters. The highest BCUT2D eigenvalue weighted by Gasteiger charge is 2.25. The van der Waals surface area contributed by atoms with Crippen LogP contribution in [-0.4, -0.2) is 23.6 Å². The van der Waals surface area contributed by atoms with E-state index in [4.69, 9.17) is 9.84 Å². The smallest absolute Gasteiger partial charge is 0.335 e. The van der Waals surface area contributed by atoms with Crippen molar-refractivity contribution in [1.82, 2.24) is 5.32 Å². The van der Waals surface area contributed by atoms with Crippen molar-refractivity contribution in [1.29, 1.82) is 0 Å². The number of nitrogens with one attached hydrogen (secondary N) is 1. The van der Waals surface area contributed by atoms with Crippen molar-refractivity contribution in [3.05, 3.63) is 91.9 Å². The average Bonchev–Trinajstić information content (AvgIpc) is 3.12. The number of aromatic carboxylic acids is 1. The van der Waals surface area contributed by atoms with Gasteiger partial charge in [0.1, 0.15) is 5.82 Å². The Bertz CT molecular complexity index is 1070. The third kappa shape index (κ3) is 4.42. The Morgan fingerprint density at radius 1 is 1.07 bits per heavy atom. The van der Waals surface area contributed by atoms with Crippen LogP contribution >= 0.6 is 11.3 Å². The second-order valence-electron chi connectivity index (χ2n) is 7.09. The van der Waals surface area contributed by atoms with Crippen LogP contribution in [0.5, 0.6) is 0 Å². The Morgan fingerprint density at radius 3 is 2.47 bits per heavy atom. The number of rotatable bonds is 6. The summed E-state index contributed by atoms with van der Waals surface area (Å²) in [6.45, 7) is 1.38. The maximum atomic E-state index is 13.2. The fraction of sp³-hybridized carbons (Fsp3) is 0.217. The first-order chi connectivity index (χ1) is 14.5. The van der Waals surface area contributed by atoms with Crippen LogP contribution in [0, 0.1) is 5.82 Å². The normalized spacial score (nSPS) is 13.0. The fourth-order valence-electron chi connectivity index (χ4n) is 3.50. The largest absolute Gasteiger partial charge is 0.478 e. The molecule has 1 aliphatic heterocycles. The van der Waals surface area contributed by atoms with Gasteiger partial charge in [0.25, 0.3) is 5.91 Å². The maximum Gasteiger partial charge on any atom is 0.335 e. The standard InChI is InChI=1S/C23H20FNO4S/c24-17-7-3-14(4-8-17)11-19-21(18-9-10-29-13-20(18)30-19)22(26)25-12-15-1-5-16(6-2-15)23(27)28/h1-8H,9-13H2,(H,25,26)(H,27,28). The molecular weight excluding hydrogens is 405 g/mol. The van der Waals surface area contributed by atoms with Crippen molar-refractivity contribution in [3.63, 3.8) is 0 Å². The second-order valence-corrected chi connectivity index (χ2v) is 8.28. The highest BCUT2D eigenvalue weighted by molar-refractivity contribution is 7.12. The molecule has 0 spiro atoms. The van der Waals surface area contributed by atoms with Gasteiger partial charge in [-0.2, -0.15) is 0 Å². The van der Waals surface area contributed by atoms with Gasteiger partial charge in [0.05, 0.1) is 24.3 Å². The molecule has 4 rings (SSSR count). The van der Waals surface area contributed by atoms with Gasteiger partial charge >= 0.3 is 5.97 Å². The minimum absolute atomic E-state index is 0.158. The highest BCUT2D eigenvalue weighted by atomic mass is 32.1. The zero-order valence-corrected chi connectivity index (χ0v) is 16.9. The second kappa shape index (κ2) is 8.77. The van der Waals surface area contributed by atoms with Gasteiger partial charge in [-0.05, 0) is 47.4 Å². The zero-order valence-electron chi connectivity index (χ0n) is 16.1. The van der Waals surface area contributed by atoms with Gasteiger partial charge in [0.2, 0.25) is 0 Å². The van der Waals surface area contributed by atoms with Gasteiger partial charge in [-0.15, -0.1) is 11.3 Å². The Balaban J connectivity index is 1.55. The van der Waals surface area contributed by atoms with Crippen LogP contribution < -0.4 is 5.32 Å². The van der Waals surface area contributed by atoms with Crippen molar-refractivity contribution < 1.29 is 23.8 Å². The number of halogens is 1. The van der Waals surface area contributed by atoms with E-state index in [1.165, 1.54) is 24.3 Å². The molecule has 2 aromatic carbocycles. The lowest BCUT2D eigenvalue weighted by Gasteiger charge is -2.14. The van der Waals surface area contributed by atoms with E-state index in [-0.39, 0.29) is 17.3 Å². The summed E-state index contributed by atoms with van der Waals surface area (Å²) < 4.78 is 18.8. The van der Waals surface area contributed by atoms with Crippen molar-refractivity contribution in [2.45, 2.75) is 26.0 Å². The Labute approximate surface area is 177 Å². The average molecular weight is 425 g/mol. The minimum atomic E-state index is -0.983. The van der Waals surface area contributed by atoms with Gasteiger partial charge in [-0.25, -0.2) is 9.18 Å². The van der Waals surface area contributed by atoms with Gasteiger partial charge < -0.3 is 15.2 Å². The van der Waals surface area contributed by atoms with E-state index in [1.807, 2.05) is 0 Å². The summed E-state index contributed by atoms with van der Waals surface area (Å²) in [6, 6.07) is 12.7. The SMILES string of the molecule is O=C(O)c1ccc(CNC(=O)c2c(Cc3ccc(F)cc3)sc3c2CCOC3)cc1. The summed E-state index contributed by atoms with van der Waals surface area (Å²) in [5.41, 5.74) is 3.68. The first-order valence-corrected chi connectivity index (χ1v) is 10.4. The van der Waals surface area contributed by atoms with E-state index in [0.717, 1.165) is 26.4 Å². The Kier molecular flexibility index (Phi) is 5.92. The van der Waals surface area contributed by atoms with Crippen LogP contribution in [0.1, 0.15) is 47.2 Å². The molecule has 0 unspecified atom stereocenters. The van der Waals surface area contributed by atoms with E-state index in [2.05, 4.69) is 5.32 Å². The van der Waals surface area contributed by atoms with Crippen LogP contribution in [-0.2, 0) is 30.7 Å². The summed E-state index contributed by atoms with van der Waals surface area (Å²) in [5.74, 6) is -1.43. The van der Waals surface area contributed by atoms with Crippen LogP contribution in [0.4, 0.5) is 4.39 Å². The molecule has 0 radical (unpaired) electrons. The van der Waals surface area contributed by atoms with Crippen LogP contribution in [0.2, 0.25) is 0 Å². The third-order valence-electron chi connectivity index (χ3n) is 5.05. The number of carbonyl (C=O) groups is 2. The first kappa shape index (κ1) is 20.3. The number of benzene rings is 2. The number of ether oxygens (including phenoxy) is 1. The van der Waals surface area contributed by atoms with Crippen molar-refractivity contribution in [2.75, 3.05) is 6.61 Å². The van der Waals surface area contributed by atoms with Gasteiger partial charge in [0.15, 0.2) is 0 Å². The minimum Gasteiger partial charge on any atom is -0.478 e. The molecule has 30 heavy (non-hydrogen) atoms. The lowest BCUT2D eigenvalue weighted by molar-refractivity contribution is 0.0696. The number of hydrogen-bond acceptors (Lipinski definition) is 4. The van der Waals surface area contributed by atoms with E-state index < -0.39 is 5.97 Å². The highest BCUT2D eigenvalue weighted by Crippen LogP contribution is 2.34. The fourth-order valence-corrected chi connectivity index (χ4v) is 4.82. The molecule has 2 heterocycles. The predicted molar refractivity (Wildman–Crippen MR) is 111 cm³/mol. The first-order valence-electron chi connectivity index (χ1n) is 9.57. The van der Waals surface area contributed by atoms with Gasteiger partial charge in [-0.1, -0.05) is 24.3 Å². The van der Waals surface area contributed by atoms with Crippen molar-refractivity contribution in [3.8, 4) is 0 Å². The van der Waals surface area contributed by atoms with Crippen LogP contribution in [0.25, 0.3) is 0 Å². The molecule has 0 fully saturated rings. The molecule has 0 aliphatic carbocycles.